The highest BCUT2D eigenvalue weighted by Crippen LogP contribution is 2.22. The molecule has 94 valence electrons. The molecule has 1 unspecified atom stereocenters. The number of hydrogen-bond acceptors (Lipinski definition) is 1. The lowest BCUT2D eigenvalue weighted by atomic mass is 10.1. The minimum absolute atomic E-state index is 0.0960. The Hall–Kier alpha value is -1.42. The Morgan fingerprint density at radius 2 is 1.67 bits per heavy atom. The standard InChI is InChI=1S/C14H12BrF2N/c1-9(10-2-7-13(16)14(17)8-10)18-12-5-3-11(15)4-6-12/h2-9,18H,1H3. The van der Waals surface area contributed by atoms with Gasteiger partial charge >= 0.3 is 0 Å². The van der Waals surface area contributed by atoms with Gasteiger partial charge in [0.05, 0.1) is 0 Å². The molecule has 0 aliphatic carbocycles. The molecule has 0 aliphatic heterocycles. The number of halogens is 3. The summed E-state index contributed by atoms with van der Waals surface area (Å²) in [5.74, 6) is -1.65. The van der Waals surface area contributed by atoms with Gasteiger partial charge in [-0.1, -0.05) is 22.0 Å². The van der Waals surface area contributed by atoms with Gasteiger partial charge in [0, 0.05) is 16.2 Å². The van der Waals surface area contributed by atoms with Crippen molar-refractivity contribution < 1.29 is 8.78 Å². The van der Waals surface area contributed by atoms with Crippen molar-refractivity contribution in [1.29, 1.82) is 0 Å². The Morgan fingerprint density at radius 3 is 2.28 bits per heavy atom. The highest BCUT2D eigenvalue weighted by Gasteiger charge is 2.09. The molecule has 18 heavy (non-hydrogen) atoms. The minimum Gasteiger partial charge on any atom is -0.379 e. The molecule has 2 aromatic carbocycles. The summed E-state index contributed by atoms with van der Waals surface area (Å²) < 4.78 is 26.9. The van der Waals surface area contributed by atoms with E-state index in [9.17, 15) is 8.78 Å². The molecular formula is C14H12BrF2N. The Bertz CT molecular complexity index is 540. The average molecular weight is 312 g/mol. The van der Waals surface area contributed by atoms with Crippen LogP contribution in [0.2, 0.25) is 0 Å². The van der Waals surface area contributed by atoms with Gasteiger partial charge in [0.1, 0.15) is 0 Å². The van der Waals surface area contributed by atoms with Gasteiger partial charge in [-0.2, -0.15) is 0 Å². The van der Waals surface area contributed by atoms with E-state index >= 15 is 0 Å². The third-order valence-electron chi connectivity index (χ3n) is 2.67. The first-order valence-corrected chi connectivity index (χ1v) is 6.32. The van der Waals surface area contributed by atoms with E-state index in [0.29, 0.717) is 5.56 Å². The second-order valence-electron chi connectivity index (χ2n) is 4.05. The summed E-state index contributed by atoms with van der Waals surface area (Å²) in [6.07, 6.45) is 0. The van der Waals surface area contributed by atoms with Crippen LogP contribution in [0.3, 0.4) is 0 Å². The molecule has 4 heteroatoms. The third-order valence-corrected chi connectivity index (χ3v) is 3.20. The zero-order valence-corrected chi connectivity index (χ0v) is 11.3. The van der Waals surface area contributed by atoms with Gasteiger partial charge in [-0.25, -0.2) is 8.78 Å². The molecule has 0 amide bonds. The van der Waals surface area contributed by atoms with Crippen molar-refractivity contribution in [1.82, 2.24) is 0 Å². The lowest BCUT2D eigenvalue weighted by molar-refractivity contribution is 0.506. The number of nitrogens with one attached hydrogen (secondary N) is 1. The minimum atomic E-state index is -0.824. The molecular weight excluding hydrogens is 300 g/mol. The second-order valence-corrected chi connectivity index (χ2v) is 4.96. The molecule has 2 aromatic rings. The number of benzene rings is 2. The van der Waals surface area contributed by atoms with Crippen LogP contribution in [0.4, 0.5) is 14.5 Å². The zero-order valence-electron chi connectivity index (χ0n) is 9.75. The van der Waals surface area contributed by atoms with E-state index in [-0.39, 0.29) is 6.04 Å². The summed E-state index contributed by atoms with van der Waals surface area (Å²) in [7, 11) is 0. The monoisotopic (exact) mass is 311 g/mol. The predicted molar refractivity (Wildman–Crippen MR) is 72.5 cm³/mol. The van der Waals surface area contributed by atoms with Crippen molar-refractivity contribution in [2.45, 2.75) is 13.0 Å². The summed E-state index contributed by atoms with van der Waals surface area (Å²) in [6.45, 7) is 1.90. The third kappa shape index (κ3) is 3.07. The topological polar surface area (TPSA) is 12.0 Å². The molecule has 0 bridgehead atoms. The summed E-state index contributed by atoms with van der Waals surface area (Å²) in [5.41, 5.74) is 1.63. The predicted octanol–water partition coefficient (Wildman–Crippen LogP) is 4.90. The molecule has 0 aliphatic rings. The summed E-state index contributed by atoms with van der Waals surface area (Å²) in [5, 5.41) is 3.22. The Kier molecular flexibility index (Phi) is 3.97. The van der Waals surface area contributed by atoms with Gasteiger partial charge < -0.3 is 5.32 Å². The highest BCUT2D eigenvalue weighted by atomic mass is 79.9. The summed E-state index contributed by atoms with van der Waals surface area (Å²) in [6, 6.07) is 11.5. The number of hydrogen-bond donors (Lipinski definition) is 1. The van der Waals surface area contributed by atoms with Crippen LogP contribution in [-0.4, -0.2) is 0 Å². The first-order chi connectivity index (χ1) is 8.56. The van der Waals surface area contributed by atoms with Crippen LogP contribution in [0.15, 0.2) is 46.9 Å². The quantitative estimate of drug-likeness (QED) is 0.850. The van der Waals surface area contributed by atoms with E-state index in [1.807, 2.05) is 31.2 Å². The van der Waals surface area contributed by atoms with Crippen molar-refractivity contribution in [3.05, 3.63) is 64.1 Å². The smallest absolute Gasteiger partial charge is 0.159 e. The van der Waals surface area contributed by atoms with Crippen molar-refractivity contribution in [3.8, 4) is 0 Å². The summed E-state index contributed by atoms with van der Waals surface area (Å²) in [4.78, 5) is 0. The van der Waals surface area contributed by atoms with Crippen molar-refractivity contribution in [2.75, 3.05) is 5.32 Å². The number of anilines is 1. The van der Waals surface area contributed by atoms with Crippen molar-refractivity contribution >= 4 is 21.6 Å². The normalized spacial score (nSPS) is 12.2. The maximum absolute atomic E-state index is 13.1. The molecule has 1 atom stereocenters. The van der Waals surface area contributed by atoms with E-state index in [0.717, 1.165) is 16.2 Å². The van der Waals surface area contributed by atoms with E-state index in [2.05, 4.69) is 21.2 Å². The van der Waals surface area contributed by atoms with E-state index < -0.39 is 11.6 Å². The molecule has 0 radical (unpaired) electrons. The van der Waals surface area contributed by atoms with Gasteiger partial charge in [-0.05, 0) is 48.9 Å². The number of rotatable bonds is 3. The van der Waals surface area contributed by atoms with Crippen molar-refractivity contribution in [2.24, 2.45) is 0 Å². The highest BCUT2D eigenvalue weighted by molar-refractivity contribution is 9.10. The molecule has 0 spiro atoms. The Morgan fingerprint density at radius 1 is 1.00 bits per heavy atom. The average Bonchev–Trinajstić information content (AvgIpc) is 2.35. The van der Waals surface area contributed by atoms with Crippen LogP contribution in [-0.2, 0) is 0 Å². The second kappa shape index (κ2) is 5.48. The van der Waals surface area contributed by atoms with E-state index in [1.165, 1.54) is 6.07 Å². The van der Waals surface area contributed by atoms with E-state index in [1.54, 1.807) is 6.07 Å². The van der Waals surface area contributed by atoms with Crippen LogP contribution >= 0.6 is 15.9 Å². The molecule has 1 N–H and O–H groups in total. The van der Waals surface area contributed by atoms with Gasteiger partial charge in [0.25, 0.3) is 0 Å². The fourth-order valence-corrected chi connectivity index (χ4v) is 1.93. The Balaban J connectivity index is 2.13. The van der Waals surface area contributed by atoms with Gasteiger partial charge in [-0.15, -0.1) is 0 Å². The van der Waals surface area contributed by atoms with Crippen LogP contribution in [0.1, 0.15) is 18.5 Å². The summed E-state index contributed by atoms with van der Waals surface area (Å²) >= 11 is 3.36. The zero-order chi connectivity index (χ0) is 13.1. The Labute approximate surface area is 113 Å². The molecule has 2 rings (SSSR count). The molecule has 0 aromatic heterocycles. The molecule has 0 saturated carbocycles. The fourth-order valence-electron chi connectivity index (χ4n) is 1.66. The lowest BCUT2D eigenvalue weighted by Gasteiger charge is -2.16. The first-order valence-electron chi connectivity index (χ1n) is 5.53. The maximum atomic E-state index is 13.1. The van der Waals surface area contributed by atoms with Gasteiger partial charge in [-0.3, -0.25) is 0 Å². The van der Waals surface area contributed by atoms with E-state index in [4.69, 9.17) is 0 Å². The SMILES string of the molecule is CC(Nc1ccc(Br)cc1)c1ccc(F)c(F)c1. The van der Waals surface area contributed by atoms with Gasteiger partial charge in [0.2, 0.25) is 0 Å². The first kappa shape index (κ1) is 13.0. The molecule has 0 fully saturated rings. The lowest BCUT2D eigenvalue weighted by Crippen LogP contribution is -2.07. The van der Waals surface area contributed by atoms with Crippen LogP contribution < -0.4 is 5.32 Å². The van der Waals surface area contributed by atoms with Gasteiger partial charge in [0.15, 0.2) is 11.6 Å². The van der Waals surface area contributed by atoms with Crippen LogP contribution in [0.5, 0.6) is 0 Å². The fraction of sp³-hybridized carbons (Fsp3) is 0.143. The molecule has 1 nitrogen and oxygen atoms in total. The van der Waals surface area contributed by atoms with Crippen molar-refractivity contribution in [3.63, 3.8) is 0 Å². The molecule has 0 heterocycles. The molecule has 0 saturated heterocycles. The largest absolute Gasteiger partial charge is 0.379 e. The maximum Gasteiger partial charge on any atom is 0.159 e. The van der Waals surface area contributed by atoms with Crippen LogP contribution in [0, 0.1) is 11.6 Å². The van der Waals surface area contributed by atoms with Crippen LogP contribution in [0.25, 0.3) is 0 Å².